The van der Waals surface area contributed by atoms with Gasteiger partial charge in [-0.3, -0.25) is 9.69 Å². The zero-order chi connectivity index (χ0) is 11.5. The molecule has 1 heterocycles. The second kappa shape index (κ2) is 4.35. The fraction of sp³-hybridized carbons (Fsp3) is 0.333. The summed E-state index contributed by atoms with van der Waals surface area (Å²) >= 11 is 0. The van der Waals surface area contributed by atoms with Crippen LogP contribution in [-0.2, 0) is 0 Å². The first-order chi connectivity index (χ1) is 7.68. The predicted molar refractivity (Wildman–Crippen MR) is 61.8 cm³/mol. The number of hydrogen-bond donors (Lipinski definition) is 1. The summed E-state index contributed by atoms with van der Waals surface area (Å²) in [5.41, 5.74) is 1.42. The van der Waals surface area contributed by atoms with Gasteiger partial charge in [-0.05, 0) is 25.5 Å². The Balaban J connectivity index is 2.28. The summed E-state index contributed by atoms with van der Waals surface area (Å²) in [5.74, 6) is 0.0132. The van der Waals surface area contributed by atoms with Crippen molar-refractivity contribution in [3.8, 4) is 0 Å². The van der Waals surface area contributed by atoms with Crippen LogP contribution in [0, 0.1) is 0 Å². The first kappa shape index (κ1) is 10.7. The number of urea groups is 1. The number of anilines is 1. The van der Waals surface area contributed by atoms with Crippen molar-refractivity contribution >= 4 is 17.5 Å². The molecule has 1 saturated heterocycles. The second-order valence-electron chi connectivity index (χ2n) is 3.84. The van der Waals surface area contributed by atoms with Gasteiger partial charge >= 0.3 is 6.03 Å². The number of Topliss-reactive ketones (excluding diaryl/α,β-unsaturated/α-hetero) is 1. The van der Waals surface area contributed by atoms with Crippen molar-refractivity contribution in [2.75, 3.05) is 18.0 Å². The maximum Gasteiger partial charge on any atom is 0.321 e. The molecule has 0 unspecified atom stereocenters. The zero-order valence-electron chi connectivity index (χ0n) is 9.19. The fourth-order valence-electron chi connectivity index (χ4n) is 1.77. The van der Waals surface area contributed by atoms with Crippen LogP contribution in [0.3, 0.4) is 0 Å². The minimum absolute atomic E-state index is 0.0132. The smallest absolute Gasteiger partial charge is 0.321 e. The Bertz CT molecular complexity index is 429. The van der Waals surface area contributed by atoms with Crippen LogP contribution in [0.25, 0.3) is 0 Å². The third kappa shape index (κ3) is 2.05. The zero-order valence-corrected chi connectivity index (χ0v) is 9.19. The topological polar surface area (TPSA) is 49.4 Å². The molecule has 0 radical (unpaired) electrons. The highest BCUT2D eigenvalue weighted by Gasteiger charge is 2.19. The summed E-state index contributed by atoms with van der Waals surface area (Å²) in [4.78, 5) is 24.5. The molecular weight excluding hydrogens is 204 g/mol. The Kier molecular flexibility index (Phi) is 2.90. The Labute approximate surface area is 94.2 Å². The van der Waals surface area contributed by atoms with Crippen LogP contribution < -0.4 is 10.2 Å². The molecular formula is C12H14N2O2. The van der Waals surface area contributed by atoms with Crippen LogP contribution in [0.15, 0.2) is 24.3 Å². The number of rotatable bonds is 2. The maximum atomic E-state index is 11.6. The lowest BCUT2D eigenvalue weighted by molar-refractivity contribution is 0.101. The van der Waals surface area contributed by atoms with Gasteiger partial charge in [0.1, 0.15) is 0 Å². The molecule has 0 bridgehead atoms. The van der Waals surface area contributed by atoms with Gasteiger partial charge in [-0.25, -0.2) is 4.79 Å². The first-order valence-corrected chi connectivity index (χ1v) is 5.35. The van der Waals surface area contributed by atoms with Gasteiger partial charge in [0.2, 0.25) is 0 Å². The highest BCUT2D eigenvalue weighted by atomic mass is 16.2. The van der Waals surface area contributed by atoms with Crippen LogP contribution in [0.5, 0.6) is 0 Å². The summed E-state index contributed by atoms with van der Waals surface area (Å²) in [7, 11) is 0. The van der Waals surface area contributed by atoms with E-state index >= 15 is 0 Å². The third-order valence-electron chi connectivity index (χ3n) is 2.64. The molecule has 1 aliphatic rings. The van der Waals surface area contributed by atoms with Crippen molar-refractivity contribution in [2.24, 2.45) is 0 Å². The molecule has 1 aliphatic heterocycles. The molecule has 16 heavy (non-hydrogen) atoms. The molecule has 0 saturated carbocycles. The van der Waals surface area contributed by atoms with Crippen LogP contribution >= 0.6 is 0 Å². The monoisotopic (exact) mass is 218 g/mol. The molecule has 4 heteroatoms. The van der Waals surface area contributed by atoms with Crippen molar-refractivity contribution in [1.29, 1.82) is 0 Å². The quantitative estimate of drug-likeness (QED) is 0.769. The van der Waals surface area contributed by atoms with Crippen molar-refractivity contribution < 1.29 is 9.59 Å². The Morgan fingerprint density at radius 2 is 2.25 bits per heavy atom. The molecule has 1 fully saturated rings. The van der Waals surface area contributed by atoms with E-state index in [2.05, 4.69) is 5.32 Å². The highest BCUT2D eigenvalue weighted by Crippen LogP contribution is 2.18. The fourth-order valence-corrected chi connectivity index (χ4v) is 1.77. The lowest BCUT2D eigenvalue weighted by atomic mass is 10.1. The highest BCUT2D eigenvalue weighted by molar-refractivity contribution is 5.97. The normalized spacial score (nSPS) is 15.8. The molecule has 0 aromatic heterocycles. The van der Waals surface area contributed by atoms with E-state index in [4.69, 9.17) is 0 Å². The lowest BCUT2D eigenvalue weighted by Crippen LogP contribution is -2.46. The Morgan fingerprint density at radius 1 is 1.44 bits per heavy atom. The van der Waals surface area contributed by atoms with Crippen molar-refractivity contribution in [3.63, 3.8) is 0 Å². The molecule has 1 aromatic carbocycles. The molecule has 1 aromatic rings. The second-order valence-corrected chi connectivity index (χ2v) is 3.84. The average Bonchev–Trinajstić information content (AvgIpc) is 2.30. The van der Waals surface area contributed by atoms with Crippen LogP contribution in [-0.4, -0.2) is 24.9 Å². The van der Waals surface area contributed by atoms with Gasteiger partial charge in [0.15, 0.2) is 5.78 Å². The summed E-state index contributed by atoms with van der Waals surface area (Å²) in [6.07, 6.45) is 0.927. The minimum atomic E-state index is -0.0908. The predicted octanol–water partition coefficient (Wildman–Crippen LogP) is 1.81. The van der Waals surface area contributed by atoms with Crippen molar-refractivity contribution in [1.82, 2.24) is 5.32 Å². The Morgan fingerprint density at radius 3 is 2.94 bits per heavy atom. The molecule has 0 aliphatic carbocycles. The number of ketones is 1. The number of nitrogens with zero attached hydrogens (tertiary/aromatic N) is 1. The van der Waals surface area contributed by atoms with Crippen LogP contribution in [0.1, 0.15) is 23.7 Å². The van der Waals surface area contributed by atoms with Gasteiger partial charge < -0.3 is 5.32 Å². The number of carbonyl (C=O) groups excluding carboxylic acids is 2. The van der Waals surface area contributed by atoms with E-state index in [0.29, 0.717) is 12.1 Å². The number of nitrogens with one attached hydrogen (secondary N) is 1. The third-order valence-corrected chi connectivity index (χ3v) is 2.64. The maximum absolute atomic E-state index is 11.6. The van der Waals surface area contributed by atoms with Crippen LogP contribution in [0.2, 0.25) is 0 Å². The standard InChI is InChI=1S/C12H14N2O2/c1-9(15)10-4-2-5-11(8-10)14-7-3-6-13-12(14)16/h2,4-5,8H,3,6-7H2,1H3,(H,13,16). The average molecular weight is 218 g/mol. The van der Waals surface area contributed by atoms with E-state index in [1.54, 1.807) is 23.1 Å². The van der Waals surface area contributed by atoms with Gasteiger partial charge in [-0.15, -0.1) is 0 Å². The SMILES string of the molecule is CC(=O)c1cccc(N2CCCNC2=O)c1. The largest absolute Gasteiger partial charge is 0.338 e. The van der Waals surface area contributed by atoms with Gasteiger partial charge in [0.25, 0.3) is 0 Å². The number of benzene rings is 1. The van der Waals surface area contributed by atoms with Gasteiger partial charge in [-0.1, -0.05) is 12.1 Å². The van der Waals surface area contributed by atoms with Gasteiger partial charge in [0, 0.05) is 24.3 Å². The molecule has 2 rings (SSSR count). The molecule has 4 nitrogen and oxygen atoms in total. The van der Waals surface area contributed by atoms with E-state index in [1.807, 2.05) is 6.07 Å². The van der Waals surface area contributed by atoms with Crippen molar-refractivity contribution in [2.45, 2.75) is 13.3 Å². The first-order valence-electron chi connectivity index (χ1n) is 5.35. The van der Waals surface area contributed by atoms with E-state index < -0.39 is 0 Å². The molecule has 0 spiro atoms. The van der Waals surface area contributed by atoms with Gasteiger partial charge in [0.05, 0.1) is 0 Å². The summed E-state index contributed by atoms with van der Waals surface area (Å²) < 4.78 is 0. The van der Waals surface area contributed by atoms with E-state index in [1.165, 1.54) is 6.92 Å². The molecule has 0 atom stereocenters. The summed E-state index contributed by atoms with van der Waals surface area (Å²) in [6, 6.07) is 7.07. The number of carbonyl (C=O) groups is 2. The number of hydrogen-bond acceptors (Lipinski definition) is 2. The molecule has 1 N–H and O–H groups in total. The number of amides is 2. The Hall–Kier alpha value is -1.84. The lowest BCUT2D eigenvalue weighted by Gasteiger charge is -2.27. The molecule has 84 valence electrons. The summed E-state index contributed by atoms with van der Waals surface area (Å²) in [5, 5.41) is 2.78. The molecule has 2 amide bonds. The summed E-state index contributed by atoms with van der Waals surface area (Å²) in [6.45, 7) is 2.95. The van der Waals surface area contributed by atoms with E-state index in [0.717, 1.165) is 18.7 Å². The van der Waals surface area contributed by atoms with E-state index in [-0.39, 0.29) is 11.8 Å². The van der Waals surface area contributed by atoms with Crippen LogP contribution in [0.4, 0.5) is 10.5 Å². The van der Waals surface area contributed by atoms with E-state index in [9.17, 15) is 9.59 Å². The van der Waals surface area contributed by atoms with Gasteiger partial charge in [-0.2, -0.15) is 0 Å². The van der Waals surface area contributed by atoms with Crippen molar-refractivity contribution in [3.05, 3.63) is 29.8 Å². The minimum Gasteiger partial charge on any atom is -0.338 e.